The second-order valence-electron chi connectivity index (χ2n) is 3.55. The van der Waals surface area contributed by atoms with E-state index in [9.17, 15) is 4.79 Å². The lowest BCUT2D eigenvalue weighted by Crippen LogP contribution is -2.25. The van der Waals surface area contributed by atoms with E-state index in [-0.39, 0.29) is 5.91 Å². The normalized spacial score (nSPS) is 9.94. The minimum absolute atomic E-state index is 0.0748. The lowest BCUT2D eigenvalue weighted by molar-refractivity contribution is -0.118. The van der Waals surface area contributed by atoms with Crippen LogP contribution < -0.4 is 5.32 Å². The third-order valence-electron chi connectivity index (χ3n) is 2.09. The van der Waals surface area contributed by atoms with Gasteiger partial charge in [-0.05, 0) is 24.1 Å². The lowest BCUT2D eigenvalue weighted by Gasteiger charge is -2.04. The fourth-order valence-electron chi connectivity index (χ4n) is 1.21. The highest BCUT2D eigenvalue weighted by Crippen LogP contribution is 2.15. The van der Waals surface area contributed by atoms with Gasteiger partial charge in [-0.25, -0.2) is 0 Å². The first-order valence-electron chi connectivity index (χ1n) is 5.42. The van der Waals surface area contributed by atoms with E-state index in [0.717, 1.165) is 17.2 Å². The van der Waals surface area contributed by atoms with Crippen molar-refractivity contribution < 1.29 is 4.79 Å². The average Bonchev–Trinajstić information content (AvgIpc) is 2.32. The second-order valence-corrected chi connectivity index (χ2v) is 4.97. The molecule has 4 heteroatoms. The Morgan fingerprint density at radius 2 is 2.12 bits per heavy atom. The van der Waals surface area contributed by atoms with Crippen LogP contribution in [0.3, 0.4) is 0 Å². The smallest absolute Gasteiger partial charge is 0.230 e. The molecule has 1 aromatic carbocycles. The van der Waals surface area contributed by atoms with Crippen LogP contribution in [-0.2, 0) is 10.5 Å². The second kappa shape index (κ2) is 8.20. The predicted octanol–water partition coefficient (Wildman–Crippen LogP) is 3.27. The number of nitrogens with one attached hydrogen (secondary N) is 1. The molecular weight excluding hydrogens is 254 g/mol. The lowest BCUT2D eigenvalue weighted by atomic mass is 10.2. The number of halogens is 1. The van der Waals surface area contributed by atoms with E-state index in [0.29, 0.717) is 12.3 Å². The monoisotopic (exact) mass is 269 g/mol. The van der Waals surface area contributed by atoms with Gasteiger partial charge in [0.15, 0.2) is 0 Å². The summed E-state index contributed by atoms with van der Waals surface area (Å²) >= 11 is 7.39. The molecule has 0 aromatic heterocycles. The maximum absolute atomic E-state index is 11.4. The Labute approximate surface area is 111 Å². The van der Waals surface area contributed by atoms with Crippen molar-refractivity contribution in [2.24, 2.45) is 0 Å². The van der Waals surface area contributed by atoms with E-state index in [1.807, 2.05) is 24.3 Å². The van der Waals surface area contributed by atoms with Gasteiger partial charge in [0.2, 0.25) is 5.91 Å². The first-order chi connectivity index (χ1) is 8.22. The fraction of sp³-hybridized carbons (Fsp3) is 0.308. The molecule has 0 aliphatic heterocycles. The zero-order valence-corrected chi connectivity index (χ0v) is 11.2. The van der Waals surface area contributed by atoms with Crippen LogP contribution in [0.2, 0.25) is 5.02 Å². The Morgan fingerprint density at radius 3 is 2.76 bits per heavy atom. The number of hydrogen-bond acceptors (Lipinski definition) is 2. The van der Waals surface area contributed by atoms with Crippen molar-refractivity contribution in [2.45, 2.75) is 12.2 Å². The molecule has 0 radical (unpaired) electrons. The number of hydrogen-bond donors (Lipinski definition) is 1. The van der Waals surface area contributed by atoms with Crippen LogP contribution in [0.4, 0.5) is 0 Å². The van der Waals surface area contributed by atoms with E-state index >= 15 is 0 Å². The van der Waals surface area contributed by atoms with Gasteiger partial charge in [-0.2, -0.15) is 0 Å². The SMILES string of the molecule is C=CCCNC(=O)CSCc1ccc(Cl)cc1. The van der Waals surface area contributed by atoms with E-state index in [1.165, 1.54) is 5.56 Å². The third-order valence-corrected chi connectivity index (χ3v) is 3.34. The zero-order chi connectivity index (χ0) is 12.5. The van der Waals surface area contributed by atoms with Crippen LogP contribution in [0.25, 0.3) is 0 Å². The highest BCUT2D eigenvalue weighted by molar-refractivity contribution is 7.99. The Hall–Kier alpha value is -0.930. The van der Waals surface area contributed by atoms with Crippen molar-refractivity contribution in [2.75, 3.05) is 12.3 Å². The molecule has 0 aliphatic carbocycles. The average molecular weight is 270 g/mol. The number of thioether (sulfide) groups is 1. The molecule has 0 saturated carbocycles. The number of amides is 1. The topological polar surface area (TPSA) is 29.1 Å². The van der Waals surface area contributed by atoms with Crippen LogP contribution in [0.1, 0.15) is 12.0 Å². The van der Waals surface area contributed by atoms with E-state index < -0.39 is 0 Å². The van der Waals surface area contributed by atoms with E-state index in [1.54, 1.807) is 17.8 Å². The standard InChI is InChI=1S/C13H16ClNOS/c1-2-3-8-15-13(16)10-17-9-11-4-6-12(14)7-5-11/h2,4-7H,1,3,8-10H2,(H,15,16). The van der Waals surface area contributed by atoms with Crippen molar-refractivity contribution in [1.29, 1.82) is 0 Å². The van der Waals surface area contributed by atoms with Crippen LogP contribution >= 0.6 is 23.4 Å². The summed E-state index contributed by atoms with van der Waals surface area (Å²) in [5.41, 5.74) is 1.18. The minimum atomic E-state index is 0.0748. The molecule has 0 spiro atoms. The zero-order valence-electron chi connectivity index (χ0n) is 9.62. The molecule has 0 saturated heterocycles. The highest BCUT2D eigenvalue weighted by atomic mass is 35.5. The molecule has 0 fully saturated rings. The predicted molar refractivity (Wildman–Crippen MR) is 75.4 cm³/mol. The fourth-order valence-corrected chi connectivity index (χ4v) is 2.15. The summed E-state index contributed by atoms with van der Waals surface area (Å²) in [6.07, 6.45) is 2.61. The molecule has 0 heterocycles. The quantitative estimate of drug-likeness (QED) is 0.608. The largest absolute Gasteiger partial charge is 0.355 e. The first kappa shape index (κ1) is 14.1. The molecule has 0 atom stereocenters. The molecule has 1 rings (SSSR count). The van der Waals surface area contributed by atoms with Crippen LogP contribution in [-0.4, -0.2) is 18.2 Å². The van der Waals surface area contributed by atoms with Gasteiger partial charge in [0.05, 0.1) is 5.75 Å². The van der Waals surface area contributed by atoms with Crippen LogP contribution in [0.15, 0.2) is 36.9 Å². The number of carbonyl (C=O) groups is 1. The third kappa shape index (κ3) is 6.39. The van der Waals surface area contributed by atoms with Crippen molar-refractivity contribution in [1.82, 2.24) is 5.32 Å². The maximum Gasteiger partial charge on any atom is 0.230 e. The van der Waals surface area contributed by atoms with Gasteiger partial charge in [-0.1, -0.05) is 29.8 Å². The summed E-state index contributed by atoms with van der Waals surface area (Å²) in [6.45, 7) is 4.27. The molecule has 2 nitrogen and oxygen atoms in total. The Morgan fingerprint density at radius 1 is 1.41 bits per heavy atom. The van der Waals surface area contributed by atoms with Crippen molar-refractivity contribution in [3.63, 3.8) is 0 Å². The van der Waals surface area contributed by atoms with Gasteiger partial charge in [0.25, 0.3) is 0 Å². The van der Waals surface area contributed by atoms with Gasteiger partial charge < -0.3 is 5.32 Å². The van der Waals surface area contributed by atoms with E-state index in [2.05, 4.69) is 11.9 Å². The molecule has 1 aromatic rings. The molecule has 0 unspecified atom stereocenters. The summed E-state index contributed by atoms with van der Waals surface area (Å²) in [6, 6.07) is 7.68. The van der Waals surface area contributed by atoms with Crippen molar-refractivity contribution in [3.05, 3.63) is 47.5 Å². The first-order valence-corrected chi connectivity index (χ1v) is 6.95. The molecule has 0 aliphatic rings. The Kier molecular flexibility index (Phi) is 6.82. The van der Waals surface area contributed by atoms with Gasteiger partial charge in [0, 0.05) is 17.3 Å². The summed E-state index contributed by atoms with van der Waals surface area (Å²) in [5, 5.41) is 3.56. The maximum atomic E-state index is 11.4. The summed E-state index contributed by atoms with van der Waals surface area (Å²) in [5.74, 6) is 1.39. The summed E-state index contributed by atoms with van der Waals surface area (Å²) in [4.78, 5) is 11.4. The minimum Gasteiger partial charge on any atom is -0.355 e. The van der Waals surface area contributed by atoms with E-state index in [4.69, 9.17) is 11.6 Å². The molecule has 92 valence electrons. The molecule has 1 amide bonds. The Balaban J connectivity index is 2.16. The molecule has 0 bridgehead atoms. The van der Waals surface area contributed by atoms with Gasteiger partial charge in [-0.3, -0.25) is 4.79 Å². The number of rotatable bonds is 7. The van der Waals surface area contributed by atoms with Gasteiger partial charge in [0.1, 0.15) is 0 Å². The number of carbonyl (C=O) groups excluding carboxylic acids is 1. The summed E-state index contributed by atoms with van der Waals surface area (Å²) < 4.78 is 0. The molecule has 1 N–H and O–H groups in total. The molecular formula is C13H16ClNOS. The number of benzene rings is 1. The molecule has 17 heavy (non-hydrogen) atoms. The van der Waals surface area contributed by atoms with Gasteiger partial charge >= 0.3 is 0 Å². The summed E-state index contributed by atoms with van der Waals surface area (Å²) in [7, 11) is 0. The van der Waals surface area contributed by atoms with Crippen molar-refractivity contribution in [3.8, 4) is 0 Å². The highest BCUT2D eigenvalue weighted by Gasteiger charge is 2.00. The van der Waals surface area contributed by atoms with Gasteiger partial charge in [-0.15, -0.1) is 18.3 Å². The van der Waals surface area contributed by atoms with Crippen molar-refractivity contribution >= 4 is 29.3 Å². The van der Waals surface area contributed by atoms with Crippen LogP contribution in [0.5, 0.6) is 0 Å². The van der Waals surface area contributed by atoms with Crippen LogP contribution in [0, 0.1) is 0 Å². The Bertz CT molecular complexity index is 364.